The zero-order chi connectivity index (χ0) is 17.8. The number of nitrogens with zero attached hydrogens (tertiary/aromatic N) is 2. The highest BCUT2D eigenvalue weighted by molar-refractivity contribution is 5.65. The highest BCUT2D eigenvalue weighted by atomic mass is 16.5. The summed E-state index contributed by atoms with van der Waals surface area (Å²) in [4.78, 5) is 7.09. The third kappa shape index (κ3) is 3.96. The minimum absolute atomic E-state index is 0.305. The van der Waals surface area contributed by atoms with E-state index in [1.165, 1.54) is 0 Å². The van der Waals surface area contributed by atoms with Crippen molar-refractivity contribution < 1.29 is 18.6 Å². The van der Waals surface area contributed by atoms with Gasteiger partial charge in [0.2, 0.25) is 5.89 Å². The summed E-state index contributed by atoms with van der Waals surface area (Å²) in [6.45, 7) is 7.49. The monoisotopic (exact) mass is 346 g/mol. The van der Waals surface area contributed by atoms with Crippen molar-refractivity contribution in [3.8, 4) is 23.0 Å². The molecule has 2 heterocycles. The van der Waals surface area contributed by atoms with Crippen LogP contribution < -0.4 is 9.47 Å². The first kappa shape index (κ1) is 17.8. The molecule has 1 fully saturated rings. The fourth-order valence-electron chi connectivity index (χ4n) is 3.05. The minimum Gasteiger partial charge on any atom is -0.497 e. The van der Waals surface area contributed by atoms with Crippen molar-refractivity contribution in [2.45, 2.75) is 32.9 Å². The number of methoxy groups -OCH3 is 2. The molecule has 25 heavy (non-hydrogen) atoms. The Hall–Kier alpha value is -2.05. The van der Waals surface area contributed by atoms with Crippen molar-refractivity contribution in [1.29, 1.82) is 0 Å². The molecule has 136 valence electrons. The molecule has 0 bridgehead atoms. The summed E-state index contributed by atoms with van der Waals surface area (Å²) in [5, 5.41) is 0. The molecule has 1 aliphatic rings. The Morgan fingerprint density at radius 1 is 1.28 bits per heavy atom. The Labute approximate surface area is 148 Å². The van der Waals surface area contributed by atoms with Gasteiger partial charge in [-0.1, -0.05) is 6.92 Å². The van der Waals surface area contributed by atoms with Gasteiger partial charge >= 0.3 is 0 Å². The van der Waals surface area contributed by atoms with Crippen LogP contribution in [-0.2, 0) is 11.3 Å². The van der Waals surface area contributed by atoms with Crippen LogP contribution in [-0.4, -0.2) is 49.9 Å². The first-order chi connectivity index (χ1) is 12.1. The lowest BCUT2D eigenvalue weighted by molar-refractivity contribution is -0.0328. The third-order valence-corrected chi connectivity index (χ3v) is 4.58. The molecule has 0 radical (unpaired) electrons. The number of oxazole rings is 1. The predicted molar refractivity (Wildman–Crippen MR) is 95.1 cm³/mol. The van der Waals surface area contributed by atoms with Crippen molar-refractivity contribution >= 4 is 0 Å². The van der Waals surface area contributed by atoms with Crippen LogP contribution in [0.2, 0.25) is 0 Å². The molecule has 6 nitrogen and oxygen atoms in total. The first-order valence-electron chi connectivity index (χ1n) is 8.67. The maximum Gasteiger partial charge on any atom is 0.230 e. The molecule has 0 saturated carbocycles. The van der Waals surface area contributed by atoms with E-state index in [0.29, 0.717) is 17.7 Å². The summed E-state index contributed by atoms with van der Waals surface area (Å²) in [7, 11) is 3.28. The van der Waals surface area contributed by atoms with E-state index < -0.39 is 0 Å². The van der Waals surface area contributed by atoms with E-state index in [-0.39, 0.29) is 0 Å². The molecule has 0 amide bonds. The molecule has 1 aromatic heterocycles. The molecule has 1 saturated heterocycles. The van der Waals surface area contributed by atoms with Crippen LogP contribution in [0.3, 0.4) is 0 Å². The predicted octanol–water partition coefficient (Wildman–Crippen LogP) is 3.28. The van der Waals surface area contributed by atoms with Crippen molar-refractivity contribution in [2.75, 3.05) is 33.9 Å². The van der Waals surface area contributed by atoms with Gasteiger partial charge in [0.25, 0.3) is 0 Å². The van der Waals surface area contributed by atoms with Gasteiger partial charge in [0, 0.05) is 19.6 Å². The summed E-state index contributed by atoms with van der Waals surface area (Å²) in [5.74, 6) is 2.85. The topological polar surface area (TPSA) is 57.0 Å². The van der Waals surface area contributed by atoms with Gasteiger partial charge in [-0.3, -0.25) is 4.90 Å². The largest absolute Gasteiger partial charge is 0.497 e. The van der Waals surface area contributed by atoms with Crippen molar-refractivity contribution in [1.82, 2.24) is 9.88 Å². The van der Waals surface area contributed by atoms with E-state index in [2.05, 4.69) is 11.8 Å². The van der Waals surface area contributed by atoms with Crippen LogP contribution in [0.1, 0.15) is 24.8 Å². The second-order valence-corrected chi connectivity index (χ2v) is 6.22. The number of aromatic nitrogens is 1. The van der Waals surface area contributed by atoms with Crippen LogP contribution in [0.5, 0.6) is 11.5 Å². The van der Waals surface area contributed by atoms with Crippen LogP contribution >= 0.6 is 0 Å². The van der Waals surface area contributed by atoms with E-state index in [1.54, 1.807) is 14.2 Å². The molecular weight excluding hydrogens is 320 g/mol. The number of ether oxygens (including phenoxy) is 3. The van der Waals surface area contributed by atoms with Crippen LogP contribution in [0.25, 0.3) is 11.5 Å². The molecular formula is C19H26N2O4. The van der Waals surface area contributed by atoms with Gasteiger partial charge in [0.05, 0.1) is 38.2 Å². The van der Waals surface area contributed by atoms with E-state index in [0.717, 1.165) is 55.4 Å². The summed E-state index contributed by atoms with van der Waals surface area (Å²) < 4.78 is 22.4. The summed E-state index contributed by atoms with van der Waals surface area (Å²) in [6.07, 6.45) is 1.33. The van der Waals surface area contributed by atoms with Gasteiger partial charge in [0.15, 0.2) is 0 Å². The summed E-state index contributed by atoms with van der Waals surface area (Å²) >= 11 is 0. The molecule has 6 heteroatoms. The average molecular weight is 346 g/mol. The Morgan fingerprint density at radius 3 is 2.84 bits per heavy atom. The lowest BCUT2D eigenvalue weighted by Crippen LogP contribution is -2.41. The molecule has 1 aliphatic heterocycles. The number of hydrogen-bond acceptors (Lipinski definition) is 6. The molecule has 2 aromatic rings. The number of hydrogen-bond donors (Lipinski definition) is 0. The molecule has 0 spiro atoms. The van der Waals surface area contributed by atoms with Crippen molar-refractivity contribution in [2.24, 2.45) is 0 Å². The zero-order valence-electron chi connectivity index (χ0n) is 15.4. The maximum atomic E-state index is 5.93. The van der Waals surface area contributed by atoms with Gasteiger partial charge in [-0.2, -0.15) is 0 Å². The number of morpholine rings is 1. The van der Waals surface area contributed by atoms with Gasteiger partial charge in [-0.15, -0.1) is 0 Å². The Bertz CT molecular complexity index is 713. The number of benzene rings is 1. The Kier molecular flexibility index (Phi) is 5.60. The highest BCUT2D eigenvalue weighted by Crippen LogP contribution is 2.34. The minimum atomic E-state index is 0.305. The maximum absolute atomic E-state index is 5.93. The van der Waals surface area contributed by atoms with Crippen LogP contribution in [0, 0.1) is 6.92 Å². The van der Waals surface area contributed by atoms with Crippen LogP contribution in [0.15, 0.2) is 22.6 Å². The fourth-order valence-corrected chi connectivity index (χ4v) is 3.05. The van der Waals surface area contributed by atoms with E-state index >= 15 is 0 Å². The Morgan fingerprint density at radius 2 is 2.12 bits per heavy atom. The highest BCUT2D eigenvalue weighted by Gasteiger charge is 2.22. The third-order valence-electron chi connectivity index (χ3n) is 4.58. The molecule has 1 atom stereocenters. The van der Waals surface area contributed by atoms with Gasteiger partial charge in [-0.25, -0.2) is 4.98 Å². The molecule has 0 N–H and O–H groups in total. The smallest absolute Gasteiger partial charge is 0.230 e. The molecule has 0 unspecified atom stereocenters. The first-order valence-corrected chi connectivity index (χ1v) is 8.67. The van der Waals surface area contributed by atoms with Gasteiger partial charge < -0.3 is 18.6 Å². The Balaban J connectivity index is 1.83. The van der Waals surface area contributed by atoms with Crippen LogP contribution in [0.4, 0.5) is 0 Å². The van der Waals surface area contributed by atoms with Gasteiger partial charge in [-0.05, 0) is 31.5 Å². The quantitative estimate of drug-likeness (QED) is 0.800. The lowest BCUT2D eigenvalue weighted by Gasteiger charge is -2.31. The summed E-state index contributed by atoms with van der Waals surface area (Å²) in [6, 6.07) is 5.61. The number of rotatable bonds is 6. The second-order valence-electron chi connectivity index (χ2n) is 6.22. The average Bonchev–Trinajstić information content (AvgIpc) is 3.01. The summed E-state index contributed by atoms with van der Waals surface area (Å²) in [5.41, 5.74) is 1.75. The van der Waals surface area contributed by atoms with E-state index in [4.69, 9.17) is 23.6 Å². The van der Waals surface area contributed by atoms with Gasteiger partial charge in [0.1, 0.15) is 17.3 Å². The SMILES string of the molecule is CC[C@@H]1CN(Cc2nc(-c3cc(OC)ccc3OC)oc2C)CCO1. The fraction of sp³-hybridized carbons (Fsp3) is 0.526. The molecule has 0 aliphatic carbocycles. The molecule has 3 rings (SSSR count). The second kappa shape index (κ2) is 7.89. The standard InChI is InChI=1S/C19H26N2O4/c1-5-14-11-21(8-9-24-14)12-17-13(2)25-19(20-17)16-10-15(22-3)6-7-18(16)23-4/h6-7,10,14H,5,8-9,11-12H2,1-4H3/t14-/m1/s1. The molecule has 1 aromatic carbocycles. The van der Waals surface area contributed by atoms with Crippen molar-refractivity contribution in [3.63, 3.8) is 0 Å². The zero-order valence-corrected chi connectivity index (χ0v) is 15.4. The van der Waals surface area contributed by atoms with Crippen molar-refractivity contribution in [3.05, 3.63) is 29.7 Å². The lowest BCUT2D eigenvalue weighted by atomic mass is 10.2. The normalized spacial score (nSPS) is 18.3. The van der Waals surface area contributed by atoms with E-state index in [1.807, 2.05) is 25.1 Å². The number of aryl methyl sites for hydroxylation is 1. The van der Waals surface area contributed by atoms with E-state index in [9.17, 15) is 0 Å².